The Morgan fingerprint density at radius 3 is 2.81 bits per heavy atom. The van der Waals surface area contributed by atoms with E-state index in [9.17, 15) is 9.18 Å². The molecule has 1 atom stereocenters. The van der Waals surface area contributed by atoms with E-state index in [2.05, 4.69) is 15.9 Å². The van der Waals surface area contributed by atoms with Crippen molar-refractivity contribution >= 4 is 27.0 Å². The van der Waals surface area contributed by atoms with Crippen molar-refractivity contribution in [3.8, 4) is 0 Å². The van der Waals surface area contributed by atoms with Gasteiger partial charge in [0.2, 0.25) is 0 Å². The average Bonchev–Trinajstić information content (AvgIpc) is 2.73. The third-order valence-corrected chi connectivity index (χ3v) is 4.18. The summed E-state index contributed by atoms with van der Waals surface area (Å²) in [5, 5.41) is 0. The van der Waals surface area contributed by atoms with Gasteiger partial charge in [0.15, 0.2) is 5.58 Å². The Balaban J connectivity index is 2.14. The molecule has 108 valence electrons. The second-order valence-electron chi connectivity index (χ2n) is 4.77. The molecule has 4 nitrogen and oxygen atoms in total. The molecule has 1 aromatic heterocycles. The van der Waals surface area contributed by atoms with Gasteiger partial charge in [-0.1, -0.05) is 28.1 Å². The molecule has 0 spiro atoms. The molecule has 1 unspecified atom stereocenters. The first-order valence-electron chi connectivity index (χ1n) is 6.28. The molecule has 2 N–H and O–H groups in total. The number of nitrogens with zero attached hydrogens (tertiary/aromatic N) is 1. The topological polar surface area (TPSA) is 61.2 Å². The number of halogens is 2. The van der Waals surface area contributed by atoms with Crippen molar-refractivity contribution in [3.63, 3.8) is 0 Å². The predicted molar refractivity (Wildman–Crippen MR) is 81.6 cm³/mol. The molecule has 6 heteroatoms. The summed E-state index contributed by atoms with van der Waals surface area (Å²) in [6.45, 7) is 0. The van der Waals surface area contributed by atoms with Crippen molar-refractivity contribution in [1.82, 2.24) is 4.57 Å². The van der Waals surface area contributed by atoms with Crippen LogP contribution in [0.3, 0.4) is 0 Å². The zero-order chi connectivity index (χ0) is 15.1. The number of benzene rings is 2. The lowest BCUT2D eigenvalue weighted by Crippen LogP contribution is -2.14. The Morgan fingerprint density at radius 1 is 1.33 bits per heavy atom. The molecular formula is C15H12BrFN2O2. The number of aryl methyl sites for hydroxylation is 1. The van der Waals surface area contributed by atoms with Crippen LogP contribution in [0.25, 0.3) is 11.1 Å². The van der Waals surface area contributed by atoms with Gasteiger partial charge in [0.25, 0.3) is 0 Å². The molecule has 1 heterocycles. The van der Waals surface area contributed by atoms with Crippen LogP contribution >= 0.6 is 15.9 Å². The Bertz CT molecular complexity index is 865. The van der Waals surface area contributed by atoms with E-state index >= 15 is 0 Å². The van der Waals surface area contributed by atoms with E-state index in [1.165, 1.54) is 10.6 Å². The fourth-order valence-corrected chi connectivity index (χ4v) is 2.91. The first kappa shape index (κ1) is 14.0. The van der Waals surface area contributed by atoms with Crippen LogP contribution < -0.4 is 11.5 Å². The Kier molecular flexibility index (Phi) is 3.43. The van der Waals surface area contributed by atoms with Crippen LogP contribution in [0.15, 0.2) is 50.1 Å². The van der Waals surface area contributed by atoms with Gasteiger partial charge in [-0.05, 0) is 29.8 Å². The van der Waals surface area contributed by atoms with Crippen LogP contribution in [0, 0.1) is 5.82 Å². The first-order valence-corrected chi connectivity index (χ1v) is 7.07. The van der Waals surface area contributed by atoms with Crippen molar-refractivity contribution < 1.29 is 8.81 Å². The van der Waals surface area contributed by atoms with Gasteiger partial charge in [-0.2, -0.15) is 0 Å². The number of hydrogen-bond donors (Lipinski definition) is 1. The van der Waals surface area contributed by atoms with Gasteiger partial charge in [-0.25, -0.2) is 9.18 Å². The molecule has 0 saturated heterocycles. The van der Waals surface area contributed by atoms with Crippen molar-refractivity contribution in [1.29, 1.82) is 0 Å². The summed E-state index contributed by atoms with van der Waals surface area (Å²) in [7, 11) is 1.63. The lowest BCUT2D eigenvalue weighted by molar-refractivity contribution is 0.527. The molecule has 2 aromatic carbocycles. The van der Waals surface area contributed by atoms with Crippen molar-refractivity contribution in [2.75, 3.05) is 0 Å². The van der Waals surface area contributed by atoms with Crippen LogP contribution in [-0.2, 0) is 7.05 Å². The molecule has 0 saturated carbocycles. The normalized spacial score (nSPS) is 12.8. The maximum atomic E-state index is 14.0. The summed E-state index contributed by atoms with van der Waals surface area (Å²) in [5.41, 5.74) is 8.30. The summed E-state index contributed by atoms with van der Waals surface area (Å²) in [4.78, 5) is 11.5. The van der Waals surface area contributed by atoms with Gasteiger partial charge in [0.05, 0.1) is 11.6 Å². The van der Waals surface area contributed by atoms with E-state index in [1.54, 1.807) is 37.4 Å². The molecule has 0 bridgehead atoms. The molecule has 0 amide bonds. The van der Waals surface area contributed by atoms with Gasteiger partial charge in [-0.15, -0.1) is 0 Å². The number of aromatic nitrogens is 1. The summed E-state index contributed by atoms with van der Waals surface area (Å²) >= 11 is 3.31. The minimum Gasteiger partial charge on any atom is -0.408 e. The van der Waals surface area contributed by atoms with Gasteiger partial charge in [0, 0.05) is 17.1 Å². The van der Waals surface area contributed by atoms with Crippen LogP contribution in [0.5, 0.6) is 0 Å². The first-order chi connectivity index (χ1) is 9.99. The SMILES string of the molecule is Cn1c(=O)oc2cc(C(N)c3c(F)cccc3Br)ccc21. The number of rotatable bonds is 2. The van der Waals surface area contributed by atoms with E-state index in [-0.39, 0.29) is 5.82 Å². The summed E-state index contributed by atoms with van der Waals surface area (Å²) in [5.74, 6) is -0.825. The third kappa shape index (κ3) is 2.30. The summed E-state index contributed by atoms with van der Waals surface area (Å²) < 4.78 is 21.1. The van der Waals surface area contributed by atoms with E-state index < -0.39 is 11.8 Å². The molecule has 21 heavy (non-hydrogen) atoms. The lowest BCUT2D eigenvalue weighted by atomic mass is 9.99. The highest BCUT2D eigenvalue weighted by atomic mass is 79.9. The quantitative estimate of drug-likeness (QED) is 0.772. The highest BCUT2D eigenvalue weighted by Gasteiger charge is 2.18. The number of hydrogen-bond acceptors (Lipinski definition) is 3. The third-order valence-electron chi connectivity index (χ3n) is 3.49. The lowest BCUT2D eigenvalue weighted by Gasteiger charge is -2.15. The minimum atomic E-state index is -0.657. The fourth-order valence-electron chi connectivity index (χ4n) is 2.32. The molecule has 0 radical (unpaired) electrons. The Hall–Kier alpha value is -1.92. The molecule has 0 aliphatic rings. The van der Waals surface area contributed by atoms with Crippen LogP contribution in [-0.4, -0.2) is 4.57 Å². The highest BCUT2D eigenvalue weighted by molar-refractivity contribution is 9.10. The van der Waals surface area contributed by atoms with Crippen LogP contribution in [0.2, 0.25) is 0 Å². The van der Waals surface area contributed by atoms with Crippen molar-refractivity contribution in [2.24, 2.45) is 12.8 Å². The molecule has 0 aliphatic heterocycles. The fraction of sp³-hybridized carbons (Fsp3) is 0.133. The van der Waals surface area contributed by atoms with E-state index in [0.29, 0.717) is 26.7 Å². The predicted octanol–water partition coefficient (Wildman–Crippen LogP) is 3.08. The number of nitrogens with two attached hydrogens (primary N) is 1. The maximum Gasteiger partial charge on any atom is 0.419 e. The Morgan fingerprint density at radius 2 is 2.10 bits per heavy atom. The number of fused-ring (bicyclic) bond motifs is 1. The van der Waals surface area contributed by atoms with Gasteiger partial charge < -0.3 is 10.2 Å². The van der Waals surface area contributed by atoms with E-state index in [4.69, 9.17) is 10.2 Å². The summed E-state index contributed by atoms with van der Waals surface area (Å²) in [6.07, 6.45) is 0. The smallest absolute Gasteiger partial charge is 0.408 e. The van der Waals surface area contributed by atoms with Gasteiger partial charge in [0.1, 0.15) is 5.82 Å². The molecule has 3 rings (SSSR count). The average molecular weight is 351 g/mol. The zero-order valence-electron chi connectivity index (χ0n) is 11.1. The van der Waals surface area contributed by atoms with Gasteiger partial charge in [-0.3, -0.25) is 4.57 Å². The highest BCUT2D eigenvalue weighted by Crippen LogP contribution is 2.30. The molecule has 3 aromatic rings. The monoisotopic (exact) mass is 350 g/mol. The molecular weight excluding hydrogens is 339 g/mol. The second kappa shape index (κ2) is 5.13. The zero-order valence-corrected chi connectivity index (χ0v) is 12.7. The standard InChI is InChI=1S/C15H12BrFN2O2/c1-19-11-6-5-8(7-12(11)21-15(19)20)14(18)13-9(16)3-2-4-10(13)17/h2-7,14H,18H2,1H3. The van der Waals surface area contributed by atoms with Crippen LogP contribution in [0.1, 0.15) is 17.2 Å². The van der Waals surface area contributed by atoms with Crippen molar-refractivity contribution in [2.45, 2.75) is 6.04 Å². The van der Waals surface area contributed by atoms with Crippen LogP contribution in [0.4, 0.5) is 4.39 Å². The van der Waals surface area contributed by atoms with E-state index in [0.717, 1.165) is 0 Å². The second-order valence-corrected chi connectivity index (χ2v) is 5.62. The van der Waals surface area contributed by atoms with Gasteiger partial charge >= 0.3 is 5.76 Å². The molecule has 0 aliphatic carbocycles. The Labute approximate surface area is 128 Å². The van der Waals surface area contributed by atoms with Crippen molar-refractivity contribution in [3.05, 3.63) is 68.4 Å². The van der Waals surface area contributed by atoms with E-state index in [1.807, 2.05) is 0 Å². The minimum absolute atomic E-state index is 0.370. The summed E-state index contributed by atoms with van der Waals surface area (Å²) in [6, 6.07) is 9.22. The largest absolute Gasteiger partial charge is 0.419 e. The number of oxazole rings is 1. The maximum absolute atomic E-state index is 14.0. The molecule has 0 fully saturated rings.